The van der Waals surface area contributed by atoms with E-state index >= 15 is 0 Å². The van der Waals surface area contributed by atoms with Gasteiger partial charge in [-0.1, -0.05) is 31.5 Å². The van der Waals surface area contributed by atoms with E-state index in [1.54, 1.807) is 0 Å². The van der Waals surface area contributed by atoms with E-state index in [2.05, 4.69) is 13.8 Å². The highest BCUT2D eigenvalue weighted by molar-refractivity contribution is 6.30. The van der Waals surface area contributed by atoms with Crippen molar-refractivity contribution in [1.82, 2.24) is 0 Å². The highest BCUT2D eigenvalue weighted by atomic mass is 35.5. The molecule has 1 saturated carbocycles. The summed E-state index contributed by atoms with van der Waals surface area (Å²) in [7, 11) is 0. The van der Waals surface area contributed by atoms with Crippen LogP contribution in [0.5, 0.6) is 0 Å². The minimum Gasteiger partial charge on any atom is -0.480 e. The Morgan fingerprint density at radius 2 is 2.26 bits per heavy atom. The SMILES string of the molecule is CC1(C)CCC(N(CC(=O)O)c2cccc(Cl)c2)C1. The van der Waals surface area contributed by atoms with Crippen LogP contribution in [0.15, 0.2) is 24.3 Å². The quantitative estimate of drug-likeness (QED) is 0.912. The van der Waals surface area contributed by atoms with Gasteiger partial charge in [0, 0.05) is 16.8 Å². The molecule has 1 aliphatic rings. The summed E-state index contributed by atoms with van der Waals surface area (Å²) in [5.74, 6) is -0.801. The molecule has 104 valence electrons. The first-order valence-electron chi connectivity index (χ1n) is 6.61. The number of rotatable bonds is 4. The number of carboxylic acids is 1. The van der Waals surface area contributed by atoms with Crippen molar-refractivity contribution in [1.29, 1.82) is 0 Å². The third-order valence-corrected chi connectivity index (χ3v) is 4.06. The van der Waals surface area contributed by atoms with Gasteiger partial charge in [-0.2, -0.15) is 0 Å². The molecule has 0 aromatic heterocycles. The zero-order valence-electron chi connectivity index (χ0n) is 11.4. The van der Waals surface area contributed by atoms with Gasteiger partial charge in [-0.3, -0.25) is 4.79 Å². The van der Waals surface area contributed by atoms with E-state index in [9.17, 15) is 4.79 Å². The molecule has 0 spiro atoms. The van der Waals surface area contributed by atoms with E-state index < -0.39 is 5.97 Å². The van der Waals surface area contributed by atoms with Crippen LogP contribution in [0.3, 0.4) is 0 Å². The van der Waals surface area contributed by atoms with Gasteiger partial charge < -0.3 is 10.0 Å². The summed E-state index contributed by atoms with van der Waals surface area (Å²) in [4.78, 5) is 13.1. The fourth-order valence-corrected chi connectivity index (χ4v) is 3.08. The van der Waals surface area contributed by atoms with Crippen LogP contribution in [0.1, 0.15) is 33.1 Å². The van der Waals surface area contributed by atoms with Gasteiger partial charge in [-0.25, -0.2) is 0 Å². The zero-order chi connectivity index (χ0) is 14.0. The molecule has 1 unspecified atom stereocenters. The fourth-order valence-electron chi connectivity index (χ4n) is 2.90. The van der Waals surface area contributed by atoms with Crippen LogP contribution in [0, 0.1) is 5.41 Å². The van der Waals surface area contributed by atoms with Crippen LogP contribution < -0.4 is 4.90 Å². The number of halogens is 1. The molecule has 1 atom stereocenters. The van der Waals surface area contributed by atoms with E-state index in [4.69, 9.17) is 16.7 Å². The molecule has 1 aliphatic carbocycles. The molecule has 1 aromatic rings. The molecule has 4 heteroatoms. The van der Waals surface area contributed by atoms with Crippen molar-refractivity contribution < 1.29 is 9.90 Å². The summed E-state index contributed by atoms with van der Waals surface area (Å²) in [6.07, 6.45) is 3.19. The largest absolute Gasteiger partial charge is 0.480 e. The lowest BCUT2D eigenvalue weighted by Crippen LogP contribution is -2.38. The smallest absolute Gasteiger partial charge is 0.323 e. The molecule has 3 nitrogen and oxygen atoms in total. The van der Waals surface area contributed by atoms with E-state index in [-0.39, 0.29) is 12.6 Å². The third-order valence-electron chi connectivity index (χ3n) is 3.83. The van der Waals surface area contributed by atoms with Gasteiger partial charge in [0.05, 0.1) is 0 Å². The average molecular weight is 282 g/mol. The maximum atomic E-state index is 11.1. The van der Waals surface area contributed by atoms with E-state index in [0.29, 0.717) is 10.4 Å². The number of anilines is 1. The number of hydrogen-bond acceptors (Lipinski definition) is 2. The molecule has 1 fully saturated rings. The Bertz CT molecular complexity index is 473. The molecule has 0 aliphatic heterocycles. The molecule has 1 N–H and O–H groups in total. The number of carbonyl (C=O) groups is 1. The zero-order valence-corrected chi connectivity index (χ0v) is 12.2. The van der Waals surface area contributed by atoms with Crippen LogP contribution in [0.2, 0.25) is 5.02 Å². The minimum atomic E-state index is -0.801. The molecule has 2 rings (SSSR count). The standard InChI is InChI=1S/C15H20ClNO2/c1-15(2)7-6-13(9-15)17(10-14(18)19)12-5-3-4-11(16)8-12/h3-5,8,13H,6-7,9-10H2,1-2H3,(H,18,19). The van der Waals surface area contributed by atoms with Crippen LogP contribution in [0.4, 0.5) is 5.69 Å². The maximum absolute atomic E-state index is 11.1. The number of aliphatic carboxylic acids is 1. The highest BCUT2D eigenvalue weighted by Crippen LogP contribution is 2.40. The molecular weight excluding hydrogens is 262 g/mol. The fraction of sp³-hybridized carbons (Fsp3) is 0.533. The van der Waals surface area contributed by atoms with Gasteiger partial charge in [0.25, 0.3) is 0 Å². The van der Waals surface area contributed by atoms with Crippen molar-refractivity contribution in [2.24, 2.45) is 5.41 Å². The predicted molar refractivity (Wildman–Crippen MR) is 77.9 cm³/mol. The lowest BCUT2D eigenvalue weighted by molar-refractivity contribution is -0.135. The Balaban J connectivity index is 2.24. The van der Waals surface area contributed by atoms with E-state index in [1.165, 1.54) is 0 Å². The Morgan fingerprint density at radius 1 is 1.53 bits per heavy atom. The molecule has 0 bridgehead atoms. The second-order valence-corrected chi connectivity index (χ2v) is 6.50. The molecule has 1 aromatic carbocycles. The summed E-state index contributed by atoms with van der Waals surface area (Å²) in [6, 6.07) is 7.73. The first-order chi connectivity index (χ1) is 8.87. The molecule has 0 amide bonds. The van der Waals surface area contributed by atoms with Crippen LogP contribution >= 0.6 is 11.6 Å². The van der Waals surface area contributed by atoms with Crippen molar-refractivity contribution in [3.05, 3.63) is 29.3 Å². The Morgan fingerprint density at radius 3 is 2.79 bits per heavy atom. The average Bonchev–Trinajstić information content (AvgIpc) is 2.66. The van der Waals surface area contributed by atoms with E-state index in [0.717, 1.165) is 24.9 Å². The van der Waals surface area contributed by atoms with E-state index in [1.807, 2.05) is 29.2 Å². The Labute approximate surface area is 119 Å². The van der Waals surface area contributed by atoms with Crippen molar-refractivity contribution in [3.63, 3.8) is 0 Å². The molecule has 0 radical (unpaired) electrons. The lowest BCUT2D eigenvalue weighted by Gasteiger charge is -2.31. The predicted octanol–water partition coefficient (Wildman–Crippen LogP) is 3.81. The van der Waals surface area contributed by atoms with Crippen LogP contribution in [-0.2, 0) is 4.79 Å². The maximum Gasteiger partial charge on any atom is 0.323 e. The van der Waals surface area contributed by atoms with Crippen LogP contribution in [0.25, 0.3) is 0 Å². The second-order valence-electron chi connectivity index (χ2n) is 6.06. The third kappa shape index (κ3) is 3.63. The van der Waals surface area contributed by atoms with Crippen molar-refractivity contribution in [3.8, 4) is 0 Å². The molecule has 0 heterocycles. The number of carboxylic acid groups (broad SMARTS) is 1. The van der Waals surface area contributed by atoms with Crippen molar-refractivity contribution in [2.75, 3.05) is 11.4 Å². The number of nitrogens with zero attached hydrogens (tertiary/aromatic N) is 1. The Kier molecular flexibility index (Phi) is 4.04. The summed E-state index contributed by atoms with van der Waals surface area (Å²) in [5, 5.41) is 9.77. The second kappa shape index (κ2) is 5.41. The normalized spacial score (nSPS) is 21.3. The first kappa shape index (κ1) is 14.2. The number of benzene rings is 1. The summed E-state index contributed by atoms with van der Waals surface area (Å²) in [6.45, 7) is 4.51. The van der Waals surface area contributed by atoms with Gasteiger partial charge in [0.15, 0.2) is 0 Å². The van der Waals surface area contributed by atoms with Gasteiger partial charge in [-0.05, 0) is 42.9 Å². The number of hydrogen-bond donors (Lipinski definition) is 1. The van der Waals surface area contributed by atoms with Gasteiger partial charge >= 0.3 is 5.97 Å². The molecule has 19 heavy (non-hydrogen) atoms. The minimum absolute atomic E-state index is 0.0289. The molecular formula is C15H20ClNO2. The Hall–Kier alpha value is -1.22. The monoisotopic (exact) mass is 281 g/mol. The first-order valence-corrected chi connectivity index (χ1v) is 6.99. The van der Waals surface area contributed by atoms with Gasteiger partial charge in [-0.15, -0.1) is 0 Å². The van der Waals surface area contributed by atoms with Gasteiger partial charge in [0.1, 0.15) is 6.54 Å². The summed E-state index contributed by atoms with van der Waals surface area (Å²) >= 11 is 6.01. The van der Waals surface area contributed by atoms with Crippen LogP contribution in [-0.4, -0.2) is 23.7 Å². The topological polar surface area (TPSA) is 40.5 Å². The summed E-state index contributed by atoms with van der Waals surface area (Å²) in [5.41, 5.74) is 1.19. The highest BCUT2D eigenvalue weighted by Gasteiger charge is 2.35. The van der Waals surface area contributed by atoms with Gasteiger partial charge in [0.2, 0.25) is 0 Å². The van der Waals surface area contributed by atoms with Crippen molar-refractivity contribution in [2.45, 2.75) is 39.2 Å². The molecule has 0 saturated heterocycles. The van der Waals surface area contributed by atoms with Crippen molar-refractivity contribution >= 4 is 23.3 Å². The lowest BCUT2D eigenvalue weighted by atomic mass is 9.91. The summed E-state index contributed by atoms with van der Waals surface area (Å²) < 4.78 is 0.